The minimum absolute atomic E-state index is 0.127. The molecule has 1 amide bonds. The molecule has 0 aromatic heterocycles. The van der Waals surface area contributed by atoms with Gasteiger partial charge in [0.1, 0.15) is 5.54 Å². The highest BCUT2D eigenvalue weighted by Gasteiger charge is 2.65. The topological polar surface area (TPSA) is 79.3 Å². The molecule has 3 fully saturated rings. The smallest absolute Gasteiger partial charge is 0.410 e. The van der Waals surface area contributed by atoms with Crippen molar-refractivity contribution in [2.24, 2.45) is 17.6 Å². The Morgan fingerprint density at radius 3 is 2.59 bits per heavy atom. The van der Waals surface area contributed by atoms with Crippen molar-refractivity contribution in [3.8, 4) is 6.07 Å². The SMILES string of the molecule is CCOC(=O)N1C2CC(N)(C#N)CC1C1CC12. The van der Waals surface area contributed by atoms with Gasteiger partial charge in [0.15, 0.2) is 0 Å². The number of piperidine rings is 2. The third-order valence-corrected chi connectivity index (χ3v) is 4.44. The molecule has 92 valence electrons. The van der Waals surface area contributed by atoms with E-state index in [9.17, 15) is 4.79 Å². The molecular formula is C12H17N3O2. The number of rotatable bonds is 1. The largest absolute Gasteiger partial charge is 0.450 e. The van der Waals surface area contributed by atoms with E-state index in [1.54, 1.807) is 0 Å². The Kier molecular flexibility index (Phi) is 2.14. The zero-order valence-electron chi connectivity index (χ0n) is 9.93. The summed E-state index contributed by atoms with van der Waals surface area (Å²) in [6.45, 7) is 2.21. The second kappa shape index (κ2) is 3.36. The van der Waals surface area contributed by atoms with Crippen LogP contribution in [0.5, 0.6) is 0 Å². The van der Waals surface area contributed by atoms with Crippen LogP contribution >= 0.6 is 0 Å². The summed E-state index contributed by atoms with van der Waals surface area (Å²) in [5.41, 5.74) is 5.31. The maximum Gasteiger partial charge on any atom is 0.410 e. The zero-order valence-corrected chi connectivity index (χ0v) is 9.93. The van der Waals surface area contributed by atoms with Gasteiger partial charge >= 0.3 is 6.09 Å². The lowest BCUT2D eigenvalue weighted by Crippen LogP contribution is -2.58. The van der Waals surface area contributed by atoms with Crippen LogP contribution in [-0.4, -0.2) is 35.2 Å². The quantitative estimate of drug-likeness (QED) is 0.730. The molecule has 2 N–H and O–H groups in total. The molecule has 0 aromatic rings. The van der Waals surface area contributed by atoms with E-state index < -0.39 is 5.54 Å². The summed E-state index contributed by atoms with van der Waals surface area (Å²) >= 11 is 0. The number of ether oxygens (including phenoxy) is 1. The first-order chi connectivity index (χ1) is 8.09. The monoisotopic (exact) mass is 235 g/mol. The van der Waals surface area contributed by atoms with Gasteiger partial charge in [0.25, 0.3) is 0 Å². The Morgan fingerprint density at radius 2 is 2.12 bits per heavy atom. The van der Waals surface area contributed by atoms with E-state index >= 15 is 0 Å². The van der Waals surface area contributed by atoms with Gasteiger partial charge in [-0.2, -0.15) is 5.26 Å². The van der Waals surface area contributed by atoms with Crippen LogP contribution in [0.1, 0.15) is 26.2 Å². The molecule has 3 aliphatic rings. The van der Waals surface area contributed by atoms with Gasteiger partial charge in [-0.1, -0.05) is 0 Å². The molecule has 0 aromatic carbocycles. The van der Waals surface area contributed by atoms with Gasteiger partial charge in [0, 0.05) is 12.1 Å². The van der Waals surface area contributed by atoms with Gasteiger partial charge in [-0.15, -0.1) is 0 Å². The van der Waals surface area contributed by atoms with E-state index in [-0.39, 0.29) is 18.2 Å². The van der Waals surface area contributed by atoms with E-state index in [2.05, 4.69) is 6.07 Å². The fourth-order valence-electron chi connectivity index (χ4n) is 3.67. The third kappa shape index (κ3) is 1.44. The average Bonchev–Trinajstić information content (AvgIpc) is 3.04. The van der Waals surface area contributed by atoms with Crippen LogP contribution in [0.3, 0.4) is 0 Å². The lowest BCUT2D eigenvalue weighted by molar-refractivity contribution is 0.0480. The molecule has 4 atom stereocenters. The van der Waals surface area contributed by atoms with Crippen molar-refractivity contribution >= 4 is 6.09 Å². The van der Waals surface area contributed by atoms with Gasteiger partial charge in [-0.05, 0) is 38.0 Å². The molecule has 2 saturated heterocycles. The number of hydrogen-bond acceptors (Lipinski definition) is 4. The maximum atomic E-state index is 11.9. The first kappa shape index (κ1) is 10.8. The van der Waals surface area contributed by atoms with Gasteiger partial charge < -0.3 is 15.4 Å². The summed E-state index contributed by atoms with van der Waals surface area (Å²) in [6, 6.07) is 2.47. The van der Waals surface area contributed by atoms with Crippen molar-refractivity contribution in [3.63, 3.8) is 0 Å². The summed E-state index contributed by atoms with van der Waals surface area (Å²) in [7, 11) is 0. The van der Waals surface area contributed by atoms with Crippen LogP contribution in [0.15, 0.2) is 0 Å². The number of nitrogens with zero attached hydrogens (tertiary/aromatic N) is 2. The molecule has 0 spiro atoms. The number of hydrogen-bond donors (Lipinski definition) is 1. The van der Waals surface area contributed by atoms with Crippen molar-refractivity contribution in [1.82, 2.24) is 4.90 Å². The van der Waals surface area contributed by atoms with Crippen LogP contribution in [-0.2, 0) is 4.74 Å². The van der Waals surface area contributed by atoms with Gasteiger partial charge in [-0.3, -0.25) is 0 Å². The summed E-state index contributed by atoms with van der Waals surface area (Å²) in [5.74, 6) is 1.12. The molecule has 5 nitrogen and oxygen atoms in total. The molecule has 4 unspecified atom stereocenters. The second-order valence-corrected chi connectivity index (χ2v) is 5.48. The Labute approximate surface area is 101 Å². The highest BCUT2D eigenvalue weighted by molar-refractivity contribution is 5.70. The maximum absolute atomic E-state index is 11.9. The zero-order chi connectivity index (χ0) is 12.2. The molecule has 2 aliphatic heterocycles. The highest BCUT2D eigenvalue weighted by Crippen LogP contribution is 2.59. The van der Waals surface area contributed by atoms with Gasteiger partial charge in [0.2, 0.25) is 0 Å². The number of carbonyl (C=O) groups is 1. The lowest BCUT2D eigenvalue weighted by Gasteiger charge is -2.42. The molecule has 0 radical (unpaired) electrons. The highest BCUT2D eigenvalue weighted by atomic mass is 16.6. The first-order valence-electron chi connectivity index (χ1n) is 6.25. The van der Waals surface area contributed by atoms with Crippen molar-refractivity contribution in [1.29, 1.82) is 5.26 Å². The number of nitriles is 1. The summed E-state index contributed by atoms with van der Waals surface area (Å²) < 4.78 is 5.10. The average molecular weight is 235 g/mol. The second-order valence-electron chi connectivity index (χ2n) is 5.48. The van der Waals surface area contributed by atoms with E-state index in [0.717, 1.165) is 0 Å². The third-order valence-electron chi connectivity index (χ3n) is 4.44. The van der Waals surface area contributed by atoms with Gasteiger partial charge in [0.05, 0.1) is 12.7 Å². The fraction of sp³-hybridized carbons (Fsp3) is 0.833. The summed E-state index contributed by atoms with van der Waals surface area (Å²) in [6.07, 6.45) is 2.15. The molecule has 1 aliphatic carbocycles. The van der Waals surface area contributed by atoms with Crippen LogP contribution in [0.2, 0.25) is 0 Å². The molecule has 1 saturated carbocycles. The van der Waals surface area contributed by atoms with E-state index in [1.807, 2.05) is 11.8 Å². The molecule has 2 bridgehead atoms. The van der Waals surface area contributed by atoms with Crippen LogP contribution < -0.4 is 5.73 Å². The minimum atomic E-state index is -0.744. The lowest BCUT2D eigenvalue weighted by atomic mass is 9.82. The van der Waals surface area contributed by atoms with E-state index in [1.165, 1.54) is 6.42 Å². The summed E-state index contributed by atoms with van der Waals surface area (Å²) in [4.78, 5) is 13.8. The predicted octanol–water partition coefficient (Wildman–Crippen LogP) is 0.847. The van der Waals surface area contributed by atoms with Gasteiger partial charge in [-0.25, -0.2) is 4.79 Å². The number of fused-ring (bicyclic) bond motifs is 5. The van der Waals surface area contributed by atoms with Crippen molar-refractivity contribution in [2.45, 2.75) is 43.8 Å². The normalized spacial score (nSPS) is 46.1. The standard InChI is InChI=1S/C12H17N3O2/c1-2-17-11(16)15-9-4-12(14,6-13)5-10(15)8-3-7(8)9/h7-10H,2-5,14H2,1H3. The van der Waals surface area contributed by atoms with Crippen LogP contribution in [0.25, 0.3) is 0 Å². The van der Waals surface area contributed by atoms with Crippen molar-refractivity contribution in [2.75, 3.05) is 6.61 Å². The molecular weight excluding hydrogens is 218 g/mol. The molecule has 17 heavy (non-hydrogen) atoms. The van der Waals surface area contributed by atoms with Crippen LogP contribution in [0, 0.1) is 23.2 Å². The molecule has 2 heterocycles. The first-order valence-corrected chi connectivity index (χ1v) is 6.25. The Balaban J connectivity index is 1.83. The van der Waals surface area contributed by atoms with E-state index in [0.29, 0.717) is 31.3 Å². The van der Waals surface area contributed by atoms with E-state index in [4.69, 9.17) is 15.7 Å². The molecule has 5 heteroatoms. The molecule has 3 rings (SSSR count). The Bertz CT molecular complexity index is 385. The number of carbonyl (C=O) groups excluding carboxylic acids is 1. The summed E-state index contributed by atoms with van der Waals surface area (Å²) in [5, 5.41) is 9.13. The van der Waals surface area contributed by atoms with Crippen LogP contribution in [0.4, 0.5) is 4.79 Å². The Morgan fingerprint density at radius 1 is 1.53 bits per heavy atom. The minimum Gasteiger partial charge on any atom is -0.450 e. The predicted molar refractivity (Wildman–Crippen MR) is 59.8 cm³/mol. The number of amides is 1. The Hall–Kier alpha value is -1.28. The van der Waals surface area contributed by atoms with Crippen molar-refractivity contribution in [3.05, 3.63) is 0 Å². The fourth-order valence-corrected chi connectivity index (χ4v) is 3.67. The van der Waals surface area contributed by atoms with Crippen molar-refractivity contribution < 1.29 is 9.53 Å². The number of nitrogens with two attached hydrogens (primary N) is 1.